The summed E-state index contributed by atoms with van der Waals surface area (Å²) in [6.07, 6.45) is 5.40. The van der Waals surface area contributed by atoms with Crippen molar-refractivity contribution in [3.63, 3.8) is 0 Å². The van der Waals surface area contributed by atoms with Gasteiger partial charge in [-0.05, 0) is 42.8 Å². The van der Waals surface area contributed by atoms with E-state index in [4.69, 9.17) is 4.98 Å². The Morgan fingerprint density at radius 2 is 1.85 bits per heavy atom. The summed E-state index contributed by atoms with van der Waals surface area (Å²) in [6, 6.07) is 17.9. The summed E-state index contributed by atoms with van der Waals surface area (Å²) >= 11 is 0. The van der Waals surface area contributed by atoms with E-state index in [1.54, 1.807) is 17.3 Å². The zero-order chi connectivity index (χ0) is 23.7. The Kier molecular flexibility index (Phi) is 5.55. The first-order chi connectivity index (χ1) is 16.5. The second-order valence-corrected chi connectivity index (χ2v) is 8.14. The van der Waals surface area contributed by atoms with Crippen LogP contribution in [-0.4, -0.2) is 49.1 Å². The van der Waals surface area contributed by atoms with E-state index >= 15 is 0 Å². The summed E-state index contributed by atoms with van der Waals surface area (Å²) in [5.74, 6) is 1.32. The Labute approximate surface area is 197 Å². The van der Waals surface area contributed by atoms with Crippen LogP contribution in [0.2, 0.25) is 0 Å². The monoisotopic (exact) mass is 451 g/mol. The summed E-state index contributed by atoms with van der Waals surface area (Å²) in [5.41, 5.74) is 5.56. The van der Waals surface area contributed by atoms with Crippen molar-refractivity contribution in [3.05, 3.63) is 78.9 Å². The number of anilines is 2. The molecule has 0 bridgehead atoms. The van der Waals surface area contributed by atoms with Crippen molar-refractivity contribution < 1.29 is 4.79 Å². The number of H-pyrrole nitrogens is 1. The van der Waals surface area contributed by atoms with E-state index < -0.39 is 0 Å². The van der Waals surface area contributed by atoms with Crippen LogP contribution in [0.25, 0.3) is 33.4 Å². The van der Waals surface area contributed by atoms with Gasteiger partial charge in [0.05, 0.1) is 6.20 Å². The molecule has 0 atom stereocenters. The highest BCUT2D eigenvalue weighted by atomic mass is 16.2. The number of hydrogen-bond donors (Lipinski definition) is 2. The Hall–Kier alpha value is -4.46. The van der Waals surface area contributed by atoms with Gasteiger partial charge in [-0.3, -0.25) is 9.89 Å². The third kappa shape index (κ3) is 4.01. The minimum Gasteiger partial charge on any atom is -0.341 e. The van der Waals surface area contributed by atoms with Crippen molar-refractivity contribution in [2.45, 2.75) is 6.92 Å². The maximum absolute atomic E-state index is 12.7. The van der Waals surface area contributed by atoms with Gasteiger partial charge in [-0.2, -0.15) is 5.10 Å². The molecular formula is C26H25N7O. The zero-order valence-corrected chi connectivity index (χ0v) is 19.3. The molecule has 0 spiro atoms. The minimum absolute atomic E-state index is 0.00369. The van der Waals surface area contributed by atoms with E-state index in [0.29, 0.717) is 23.9 Å². The highest BCUT2D eigenvalue weighted by molar-refractivity contribution is 5.99. The Morgan fingerprint density at radius 3 is 2.59 bits per heavy atom. The van der Waals surface area contributed by atoms with Crippen LogP contribution in [0.3, 0.4) is 0 Å². The molecule has 170 valence electrons. The topological polar surface area (TPSA) is 91.7 Å². The number of nitrogens with one attached hydrogen (secondary N) is 2. The highest BCUT2D eigenvalue weighted by Crippen LogP contribution is 2.27. The molecule has 0 fully saturated rings. The van der Waals surface area contributed by atoms with Gasteiger partial charge < -0.3 is 14.8 Å². The Balaban J connectivity index is 1.41. The van der Waals surface area contributed by atoms with Crippen LogP contribution in [-0.2, 0) is 7.05 Å². The summed E-state index contributed by atoms with van der Waals surface area (Å²) in [7, 11) is 3.72. The van der Waals surface area contributed by atoms with Crippen molar-refractivity contribution in [2.75, 3.05) is 18.9 Å². The van der Waals surface area contributed by atoms with Gasteiger partial charge in [-0.15, -0.1) is 0 Å². The van der Waals surface area contributed by atoms with Gasteiger partial charge >= 0.3 is 0 Å². The maximum atomic E-state index is 12.7. The van der Waals surface area contributed by atoms with Crippen LogP contribution < -0.4 is 5.32 Å². The highest BCUT2D eigenvalue weighted by Gasteiger charge is 2.17. The predicted molar refractivity (Wildman–Crippen MR) is 134 cm³/mol. The van der Waals surface area contributed by atoms with Crippen LogP contribution in [0, 0.1) is 0 Å². The fourth-order valence-electron chi connectivity index (χ4n) is 3.88. The van der Waals surface area contributed by atoms with Crippen LogP contribution in [0.5, 0.6) is 0 Å². The molecule has 0 saturated carbocycles. The van der Waals surface area contributed by atoms with Crippen molar-refractivity contribution in [1.82, 2.24) is 29.6 Å². The lowest BCUT2D eigenvalue weighted by Crippen LogP contribution is -2.27. The molecule has 3 heterocycles. The van der Waals surface area contributed by atoms with Gasteiger partial charge in [-0.25, -0.2) is 9.97 Å². The molecule has 0 unspecified atom stereocenters. The number of rotatable bonds is 6. The summed E-state index contributed by atoms with van der Waals surface area (Å²) < 4.78 is 1.93. The third-order valence-electron chi connectivity index (χ3n) is 5.99. The lowest BCUT2D eigenvalue weighted by molar-refractivity contribution is 0.0793. The number of aryl methyl sites for hydroxylation is 1. The van der Waals surface area contributed by atoms with Crippen molar-refractivity contribution in [2.24, 2.45) is 7.05 Å². The number of aromatic nitrogens is 5. The molecule has 0 aliphatic rings. The predicted octanol–water partition coefficient (Wildman–Crippen LogP) is 4.86. The molecule has 5 aromatic rings. The quantitative estimate of drug-likeness (QED) is 0.385. The first-order valence-electron chi connectivity index (χ1n) is 11.1. The standard InChI is InChI=1S/C26H25N7O/c1-4-32(2)26(34)23-13-18-5-6-19(14-22(18)33(23)3)25-27-12-11-24(31-25)30-21-9-7-17(8-10-21)20-15-28-29-16-20/h5-16H,4H2,1-3H3,(H,28,29)(H,27,30,31). The van der Waals surface area contributed by atoms with Crippen LogP contribution in [0.4, 0.5) is 11.5 Å². The van der Waals surface area contributed by atoms with Gasteiger partial charge in [-0.1, -0.05) is 24.3 Å². The fraction of sp³-hybridized carbons (Fsp3) is 0.154. The van der Waals surface area contributed by atoms with E-state index in [1.807, 2.05) is 86.4 Å². The normalized spacial score (nSPS) is 11.0. The van der Waals surface area contributed by atoms with Crippen molar-refractivity contribution in [3.8, 4) is 22.5 Å². The molecule has 8 nitrogen and oxygen atoms in total. The molecule has 3 aromatic heterocycles. The SMILES string of the molecule is CCN(C)C(=O)c1cc2ccc(-c3nccc(Nc4ccc(-c5cn[nH]c5)cc4)n3)cc2n1C. The van der Waals surface area contributed by atoms with Gasteiger partial charge in [0.15, 0.2) is 5.82 Å². The zero-order valence-electron chi connectivity index (χ0n) is 19.3. The molecule has 5 rings (SSSR count). The molecule has 34 heavy (non-hydrogen) atoms. The number of amides is 1. The van der Waals surface area contributed by atoms with Gasteiger partial charge in [0.2, 0.25) is 0 Å². The molecule has 8 heteroatoms. The summed E-state index contributed by atoms with van der Waals surface area (Å²) in [6.45, 7) is 2.62. The number of benzene rings is 2. The number of fused-ring (bicyclic) bond motifs is 1. The summed E-state index contributed by atoms with van der Waals surface area (Å²) in [4.78, 5) is 23.6. The number of carbonyl (C=O) groups is 1. The van der Waals surface area contributed by atoms with Crippen LogP contribution in [0.1, 0.15) is 17.4 Å². The molecule has 2 aromatic carbocycles. The number of aromatic amines is 1. The average molecular weight is 452 g/mol. The van der Waals surface area contributed by atoms with Gasteiger partial charge in [0, 0.05) is 60.8 Å². The molecular weight excluding hydrogens is 426 g/mol. The van der Waals surface area contributed by atoms with Gasteiger partial charge in [0.1, 0.15) is 11.5 Å². The molecule has 2 N–H and O–H groups in total. The smallest absolute Gasteiger partial charge is 0.270 e. The van der Waals surface area contributed by atoms with Gasteiger partial charge in [0.25, 0.3) is 5.91 Å². The van der Waals surface area contributed by atoms with Crippen molar-refractivity contribution in [1.29, 1.82) is 0 Å². The molecule has 0 aliphatic carbocycles. The molecule has 0 radical (unpaired) electrons. The lowest BCUT2D eigenvalue weighted by atomic mass is 10.1. The lowest BCUT2D eigenvalue weighted by Gasteiger charge is -2.14. The van der Waals surface area contributed by atoms with E-state index in [9.17, 15) is 4.79 Å². The molecule has 0 saturated heterocycles. The number of carbonyl (C=O) groups excluding carboxylic acids is 1. The number of nitrogens with zero attached hydrogens (tertiary/aromatic N) is 5. The first kappa shape index (κ1) is 21.4. The van der Waals surface area contributed by atoms with E-state index in [-0.39, 0.29) is 5.91 Å². The Morgan fingerprint density at radius 1 is 1.06 bits per heavy atom. The largest absolute Gasteiger partial charge is 0.341 e. The average Bonchev–Trinajstić information content (AvgIpc) is 3.52. The minimum atomic E-state index is 0.00369. The maximum Gasteiger partial charge on any atom is 0.270 e. The van der Waals surface area contributed by atoms with Crippen LogP contribution in [0.15, 0.2) is 73.2 Å². The molecule has 1 amide bonds. The second kappa shape index (κ2) is 8.82. The molecule has 0 aliphatic heterocycles. The summed E-state index contributed by atoms with van der Waals surface area (Å²) in [5, 5.41) is 11.2. The first-order valence-corrected chi connectivity index (χ1v) is 11.1. The van der Waals surface area contributed by atoms with E-state index in [2.05, 4.69) is 20.5 Å². The van der Waals surface area contributed by atoms with Crippen LogP contribution >= 0.6 is 0 Å². The third-order valence-corrected chi connectivity index (χ3v) is 5.99. The Bertz CT molecular complexity index is 1450. The fourth-order valence-corrected chi connectivity index (χ4v) is 3.88. The van der Waals surface area contributed by atoms with E-state index in [0.717, 1.165) is 33.3 Å². The van der Waals surface area contributed by atoms with Crippen molar-refractivity contribution >= 4 is 28.3 Å². The number of hydrogen-bond acceptors (Lipinski definition) is 5. The van der Waals surface area contributed by atoms with E-state index in [1.165, 1.54) is 0 Å². The second-order valence-electron chi connectivity index (χ2n) is 8.14.